The summed E-state index contributed by atoms with van der Waals surface area (Å²) in [6.45, 7) is 0.119. The molecule has 8 nitrogen and oxygen atoms in total. The SMILES string of the molecule is COc1ccc(Cl)cc1N1C[C@@H](C(=O)Oc2cccc(N3C(=O)[C@H]4CC=CC[C@H]4C3=O)c2)CC1=O. The number of hydrogen-bond donors (Lipinski definition) is 0. The number of hydrogen-bond acceptors (Lipinski definition) is 6. The molecule has 0 unspecified atom stereocenters. The number of nitrogens with zero attached hydrogens (tertiary/aromatic N) is 2. The molecule has 2 saturated heterocycles. The Kier molecular flexibility index (Phi) is 6.06. The lowest BCUT2D eigenvalue weighted by Gasteiger charge is -2.20. The molecule has 9 heteroatoms. The zero-order chi connectivity index (χ0) is 24.7. The molecule has 180 valence electrons. The maximum absolute atomic E-state index is 12.9. The molecular weight excluding hydrogens is 472 g/mol. The van der Waals surface area contributed by atoms with Crippen molar-refractivity contribution in [1.29, 1.82) is 0 Å². The van der Waals surface area contributed by atoms with Gasteiger partial charge in [-0.05, 0) is 43.2 Å². The lowest BCUT2D eigenvalue weighted by Crippen LogP contribution is -2.31. The molecule has 0 saturated carbocycles. The molecule has 3 atom stereocenters. The van der Waals surface area contributed by atoms with Gasteiger partial charge >= 0.3 is 5.97 Å². The molecule has 35 heavy (non-hydrogen) atoms. The van der Waals surface area contributed by atoms with Crippen LogP contribution in [0.2, 0.25) is 5.02 Å². The first-order valence-electron chi connectivity index (χ1n) is 11.4. The Morgan fingerprint density at radius 2 is 1.71 bits per heavy atom. The van der Waals surface area contributed by atoms with Crippen LogP contribution in [0.25, 0.3) is 0 Å². The summed E-state index contributed by atoms with van der Waals surface area (Å²) in [6.07, 6.45) is 4.93. The number of ether oxygens (including phenoxy) is 2. The first-order chi connectivity index (χ1) is 16.9. The van der Waals surface area contributed by atoms with Crippen molar-refractivity contribution in [3.63, 3.8) is 0 Å². The molecule has 0 bridgehead atoms. The topological polar surface area (TPSA) is 93.2 Å². The number of esters is 1. The monoisotopic (exact) mass is 494 g/mol. The number of fused-ring (bicyclic) bond motifs is 1. The van der Waals surface area contributed by atoms with E-state index < -0.39 is 11.9 Å². The van der Waals surface area contributed by atoms with Crippen molar-refractivity contribution in [2.45, 2.75) is 19.3 Å². The number of rotatable bonds is 5. The Morgan fingerprint density at radius 3 is 2.40 bits per heavy atom. The summed E-state index contributed by atoms with van der Waals surface area (Å²) >= 11 is 6.09. The summed E-state index contributed by atoms with van der Waals surface area (Å²) in [5.74, 6) is -2.01. The van der Waals surface area contributed by atoms with E-state index in [1.807, 2.05) is 12.2 Å². The van der Waals surface area contributed by atoms with Gasteiger partial charge in [-0.2, -0.15) is 0 Å². The number of allylic oxidation sites excluding steroid dienone is 2. The van der Waals surface area contributed by atoms with E-state index in [0.717, 1.165) is 0 Å². The third-order valence-corrected chi connectivity index (χ3v) is 6.93. The van der Waals surface area contributed by atoms with Gasteiger partial charge in [0.25, 0.3) is 0 Å². The minimum Gasteiger partial charge on any atom is -0.495 e. The number of anilines is 2. The average molecular weight is 495 g/mol. The first kappa shape index (κ1) is 23.1. The number of carbonyl (C=O) groups excluding carboxylic acids is 4. The molecule has 0 aromatic heterocycles. The molecule has 0 spiro atoms. The van der Waals surface area contributed by atoms with Crippen LogP contribution >= 0.6 is 11.6 Å². The Morgan fingerprint density at radius 1 is 1.00 bits per heavy atom. The summed E-state index contributed by atoms with van der Waals surface area (Å²) in [5.41, 5.74) is 0.858. The van der Waals surface area contributed by atoms with Gasteiger partial charge in [-0.3, -0.25) is 19.2 Å². The van der Waals surface area contributed by atoms with Crippen molar-refractivity contribution in [2.24, 2.45) is 17.8 Å². The van der Waals surface area contributed by atoms with E-state index >= 15 is 0 Å². The second-order valence-electron chi connectivity index (χ2n) is 8.81. The zero-order valence-electron chi connectivity index (χ0n) is 19.0. The third-order valence-electron chi connectivity index (χ3n) is 6.69. The summed E-state index contributed by atoms with van der Waals surface area (Å²) < 4.78 is 10.9. The number of halogens is 1. The van der Waals surface area contributed by atoms with Crippen LogP contribution < -0.4 is 19.3 Å². The number of carbonyl (C=O) groups is 4. The second-order valence-corrected chi connectivity index (χ2v) is 9.24. The lowest BCUT2D eigenvalue weighted by molar-refractivity contribution is -0.139. The smallest absolute Gasteiger partial charge is 0.316 e. The van der Waals surface area contributed by atoms with Crippen LogP contribution in [0.5, 0.6) is 11.5 Å². The highest BCUT2D eigenvalue weighted by Crippen LogP contribution is 2.39. The number of methoxy groups -OCH3 is 1. The minimum absolute atomic E-state index is 0.0202. The maximum Gasteiger partial charge on any atom is 0.316 e. The summed E-state index contributed by atoms with van der Waals surface area (Å²) in [4.78, 5) is 54.0. The number of amides is 3. The molecule has 2 aromatic rings. The van der Waals surface area contributed by atoms with Crippen LogP contribution in [-0.4, -0.2) is 37.3 Å². The molecule has 0 radical (unpaired) electrons. The quantitative estimate of drug-likeness (QED) is 0.272. The Balaban J connectivity index is 1.30. The van der Waals surface area contributed by atoms with Crippen molar-refractivity contribution in [2.75, 3.05) is 23.5 Å². The van der Waals surface area contributed by atoms with E-state index in [1.54, 1.807) is 36.4 Å². The third kappa shape index (κ3) is 4.18. The maximum atomic E-state index is 12.9. The van der Waals surface area contributed by atoms with Crippen molar-refractivity contribution >= 4 is 46.7 Å². The molecule has 3 aliphatic rings. The number of benzene rings is 2. The minimum atomic E-state index is -0.696. The lowest BCUT2D eigenvalue weighted by atomic mass is 9.85. The standard InChI is InChI=1S/C26H23ClN2O6/c1-34-22-10-9-16(27)12-21(22)28-14-15(11-23(28)30)26(33)35-18-6-4-5-17(13-18)29-24(31)19-7-2-3-8-20(19)25(29)32/h2-6,9-10,12-13,15,19-20H,7-8,11,14H2,1H3/t15-,19-,20+/m0/s1. The molecular formula is C26H23ClN2O6. The van der Waals surface area contributed by atoms with Gasteiger partial charge in [0.15, 0.2) is 0 Å². The molecule has 3 amide bonds. The summed E-state index contributed by atoms with van der Waals surface area (Å²) in [6, 6.07) is 11.3. The van der Waals surface area contributed by atoms with Crippen molar-refractivity contribution in [1.82, 2.24) is 0 Å². The van der Waals surface area contributed by atoms with Gasteiger partial charge in [-0.1, -0.05) is 29.8 Å². The highest BCUT2D eigenvalue weighted by molar-refractivity contribution is 6.31. The molecule has 2 aromatic carbocycles. The van der Waals surface area contributed by atoms with Crippen LogP contribution in [0, 0.1) is 17.8 Å². The van der Waals surface area contributed by atoms with Crippen LogP contribution in [0.1, 0.15) is 19.3 Å². The molecule has 2 heterocycles. The second kappa shape index (κ2) is 9.19. The predicted molar refractivity (Wildman–Crippen MR) is 128 cm³/mol. The summed E-state index contributed by atoms with van der Waals surface area (Å²) in [5, 5.41) is 0.443. The Bertz CT molecular complexity index is 1230. The van der Waals surface area contributed by atoms with E-state index in [2.05, 4.69) is 0 Å². The van der Waals surface area contributed by atoms with Crippen molar-refractivity contribution in [3.05, 3.63) is 59.6 Å². The largest absolute Gasteiger partial charge is 0.495 e. The Labute approximate surface area is 207 Å². The van der Waals surface area contributed by atoms with E-state index in [9.17, 15) is 19.2 Å². The Hall–Kier alpha value is -3.65. The average Bonchev–Trinajstić information content (AvgIpc) is 3.37. The zero-order valence-corrected chi connectivity index (χ0v) is 19.7. The van der Waals surface area contributed by atoms with Gasteiger partial charge < -0.3 is 14.4 Å². The van der Waals surface area contributed by atoms with Crippen LogP contribution in [0.15, 0.2) is 54.6 Å². The van der Waals surface area contributed by atoms with E-state index in [-0.39, 0.29) is 48.3 Å². The van der Waals surface area contributed by atoms with Crippen molar-refractivity contribution in [3.8, 4) is 11.5 Å². The number of imide groups is 1. The fourth-order valence-electron chi connectivity index (χ4n) is 4.91. The van der Waals surface area contributed by atoms with E-state index in [4.69, 9.17) is 21.1 Å². The molecule has 0 N–H and O–H groups in total. The fourth-order valence-corrected chi connectivity index (χ4v) is 5.08. The predicted octanol–water partition coefficient (Wildman–Crippen LogP) is 3.76. The van der Waals surface area contributed by atoms with Gasteiger partial charge in [0, 0.05) is 24.1 Å². The normalized spacial score (nSPS) is 23.6. The first-order valence-corrected chi connectivity index (χ1v) is 11.7. The van der Waals surface area contributed by atoms with Crippen LogP contribution in [0.4, 0.5) is 11.4 Å². The van der Waals surface area contributed by atoms with Gasteiger partial charge in [0.05, 0.1) is 36.2 Å². The van der Waals surface area contributed by atoms with Crippen LogP contribution in [-0.2, 0) is 19.2 Å². The molecule has 1 aliphatic carbocycles. The molecule has 2 aliphatic heterocycles. The highest BCUT2D eigenvalue weighted by Gasteiger charge is 2.48. The van der Waals surface area contributed by atoms with E-state index in [1.165, 1.54) is 23.0 Å². The van der Waals surface area contributed by atoms with Gasteiger partial charge in [0.1, 0.15) is 11.5 Å². The fraction of sp³-hybridized carbons (Fsp3) is 0.308. The van der Waals surface area contributed by atoms with Gasteiger partial charge in [-0.15, -0.1) is 0 Å². The van der Waals surface area contributed by atoms with Gasteiger partial charge in [-0.25, -0.2) is 4.90 Å². The summed E-state index contributed by atoms with van der Waals surface area (Å²) in [7, 11) is 1.49. The highest BCUT2D eigenvalue weighted by atomic mass is 35.5. The van der Waals surface area contributed by atoms with Gasteiger partial charge in [0.2, 0.25) is 17.7 Å². The molecule has 2 fully saturated rings. The van der Waals surface area contributed by atoms with E-state index in [0.29, 0.717) is 35.0 Å². The van der Waals surface area contributed by atoms with Crippen molar-refractivity contribution < 1.29 is 28.7 Å². The van der Waals surface area contributed by atoms with Crippen LogP contribution in [0.3, 0.4) is 0 Å². The molecule has 5 rings (SSSR count).